The van der Waals surface area contributed by atoms with Crippen LogP contribution in [0.1, 0.15) is 33.1 Å². The van der Waals surface area contributed by atoms with Crippen molar-refractivity contribution in [3.63, 3.8) is 0 Å². The Labute approximate surface area is 143 Å². The van der Waals surface area contributed by atoms with Gasteiger partial charge >= 0.3 is 5.97 Å². The highest BCUT2D eigenvalue weighted by atomic mass is 32.1. The van der Waals surface area contributed by atoms with E-state index in [1.807, 2.05) is 6.07 Å². The van der Waals surface area contributed by atoms with E-state index in [-0.39, 0.29) is 17.3 Å². The summed E-state index contributed by atoms with van der Waals surface area (Å²) in [6, 6.07) is 8.54. The van der Waals surface area contributed by atoms with Gasteiger partial charge in [-0.05, 0) is 18.6 Å². The molecule has 7 heteroatoms. The molecule has 0 aliphatic rings. The van der Waals surface area contributed by atoms with Gasteiger partial charge in [-0.25, -0.2) is 9.78 Å². The maximum absolute atomic E-state index is 11.6. The highest BCUT2D eigenvalue weighted by Crippen LogP contribution is 2.28. The average Bonchev–Trinajstić information content (AvgIpc) is 3.03. The number of nitrogens with zero attached hydrogens (tertiary/aromatic N) is 2. The van der Waals surface area contributed by atoms with E-state index in [0.717, 1.165) is 11.3 Å². The number of amides is 1. The molecular formula is C17H15N3O3S. The fourth-order valence-corrected chi connectivity index (χ4v) is 2.84. The van der Waals surface area contributed by atoms with Crippen LogP contribution in [0.5, 0.6) is 0 Å². The van der Waals surface area contributed by atoms with E-state index < -0.39 is 5.97 Å². The standard InChI is InChI=1S/C17H15N3O3S/c1-2-3-4-13(21)19-10-14-20-15(16(24-14)17(22)23)12-7-5-11(9-18)6-8-12/h2,5-8H,1,3-4,10H2,(H,19,21)(H,22,23). The van der Waals surface area contributed by atoms with Crippen molar-refractivity contribution >= 4 is 23.2 Å². The molecule has 122 valence electrons. The molecule has 24 heavy (non-hydrogen) atoms. The number of nitriles is 1. The van der Waals surface area contributed by atoms with Gasteiger partial charge < -0.3 is 10.4 Å². The van der Waals surface area contributed by atoms with Crippen molar-refractivity contribution in [3.8, 4) is 17.3 Å². The van der Waals surface area contributed by atoms with Gasteiger partial charge in [0, 0.05) is 12.0 Å². The first-order valence-corrected chi connectivity index (χ1v) is 7.98. The number of hydrogen-bond donors (Lipinski definition) is 2. The van der Waals surface area contributed by atoms with E-state index >= 15 is 0 Å². The van der Waals surface area contributed by atoms with Crippen LogP contribution in [0.3, 0.4) is 0 Å². The maximum atomic E-state index is 11.6. The molecule has 0 radical (unpaired) electrons. The zero-order chi connectivity index (χ0) is 17.5. The minimum Gasteiger partial charge on any atom is -0.477 e. The van der Waals surface area contributed by atoms with Crippen LogP contribution in [-0.4, -0.2) is 22.0 Å². The molecule has 1 heterocycles. The van der Waals surface area contributed by atoms with Crippen molar-refractivity contribution in [2.75, 3.05) is 0 Å². The third-order valence-corrected chi connectivity index (χ3v) is 4.21. The van der Waals surface area contributed by atoms with Crippen molar-refractivity contribution in [2.24, 2.45) is 0 Å². The molecule has 2 aromatic rings. The number of nitrogens with one attached hydrogen (secondary N) is 1. The zero-order valence-corrected chi connectivity index (χ0v) is 13.6. The molecular weight excluding hydrogens is 326 g/mol. The third-order valence-electron chi connectivity index (χ3n) is 3.17. The number of carbonyl (C=O) groups excluding carboxylic acids is 1. The van der Waals surface area contributed by atoms with Gasteiger partial charge in [0.05, 0.1) is 23.9 Å². The van der Waals surface area contributed by atoms with Crippen LogP contribution in [0, 0.1) is 11.3 Å². The van der Waals surface area contributed by atoms with Crippen LogP contribution in [-0.2, 0) is 11.3 Å². The Kier molecular flexibility index (Phi) is 5.82. The summed E-state index contributed by atoms with van der Waals surface area (Å²) in [5, 5.41) is 21.4. The van der Waals surface area contributed by atoms with Crippen LogP contribution in [0.4, 0.5) is 0 Å². The average molecular weight is 341 g/mol. The van der Waals surface area contributed by atoms with Crippen molar-refractivity contribution in [2.45, 2.75) is 19.4 Å². The molecule has 1 aromatic heterocycles. The Morgan fingerprint density at radius 1 is 1.38 bits per heavy atom. The summed E-state index contributed by atoms with van der Waals surface area (Å²) >= 11 is 1.03. The largest absolute Gasteiger partial charge is 0.477 e. The fourth-order valence-electron chi connectivity index (χ4n) is 1.98. The summed E-state index contributed by atoms with van der Waals surface area (Å²) in [7, 11) is 0. The molecule has 0 fully saturated rings. The van der Waals surface area contributed by atoms with E-state index in [0.29, 0.717) is 34.7 Å². The molecule has 0 unspecified atom stereocenters. The molecule has 2 N–H and O–H groups in total. The van der Waals surface area contributed by atoms with Crippen molar-refractivity contribution in [3.05, 3.63) is 52.4 Å². The van der Waals surface area contributed by atoms with E-state index in [9.17, 15) is 14.7 Å². The molecule has 0 aliphatic carbocycles. The van der Waals surface area contributed by atoms with Crippen LogP contribution in [0.2, 0.25) is 0 Å². The molecule has 0 spiro atoms. The molecule has 1 amide bonds. The second kappa shape index (κ2) is 8.04. The van der Waals surface area contributed by atoms with E-state index in [1.165, 1.54) is 0 Å². The number of hydrogen-bond acceptors (Lipinski definition) is 5. The lowest BCUT2D eigenvalue weighted by molar-refractivity contribution is -0.121. The molecule has 0 saturated carbocycles. The van der Waals surface area contributed by atoms with Gasteiger partial charge in [0.1, 0.15) is 9.88 Å². The molecule has 0 aliphatic heterocycles. The highest BCUT2D eigenvalue weighted by Gasteiger charge is 2.19. The smallest absolute Gasteiger partial charge is 0.348 e. The molecule has 0 bridgehead atoms. The minimum absolute atomic E-state index is 0.107. The van der Waals surface area contributed by atoms with Crippen molar-refractivity contribution in [1.29, 1.82) is 5.26 Å². The predicted octanol–water partition coefficient (Wildman–Crippen LogP) is 2.96. The van der Waals surface area contributed by atoms with Gasteiger partial charge in [0.15, 0.2) is 0 Å². The Morgan fingerprint density at radius 3 is 2.67 bits per heavy atom. The summed E-state index contributed by atoms with van der Waals surface area (Å²) < 4.78 is 0. The molecule has 1 aromatic carbocycles. The first-order valence-electron chi connectivity index (χ1n) is 7.16. The second-order valence-electron chi connectivity index (χ2n) is 4.88. The third kappa shape index (κ3) is 4.27. The first-order chi connectivity index (χ1) is 11.5. The van der Waals surface area contributed by atoms with Gasteiger partial charge in [-0.3, -0.25) is 4.79 Å². The fraction of sp³-hybridized carbons (Fsp3) is 0.176. The van der Waals surface area contributed by atoms with Gasteiger partial charge in [-0.1, -0.05) is 18.2 Å². The normalized spacial score (nSPS) is 9.96. The lowest BCUT2D eigenvalue weighted by Crippen LogP contribution is -2.22. The highest BCUT2D eigenvalue weighted by molar-refractivity contribution is 7.14. The zero-order valence-electron chi connectivity index (χ0n) is 12.8. The van der Waals surface area contributed by atoms with E-state index in [4.69, 9.17) is 5.26 Å². The number of thiazole rings is 1. The number of rotatable bonds is 7. The summed E-state index contributed by atoms with van der Waals surface area (Å²) in [6.45, 7) is 3.73. The number of aromatic carboxylic acids is 1. The molecule has 0 atom stereocenters. The van der Waals surface area contributed by atoms with Crippen LogP contribution in [0.25, 0.3) is 11.3 Å². The first kappa shape index (κ1) is 17.4. The minimum atomic E-state index is -1.07. The Bertz CT molecular complexity index is 803. The van der Waals surface area contributed by atoms with Crippen LogP contribution >= 0.6 is 11.3 Å². The van der Waals surface area contributed by atoms with Gasteiger partial charge in [-0.15, -0.1) is 17.9 Å². The monoisotopic (exact) mass is 341 g/mol. The summed E-state index contributed by atoms with van der Waals surface area (Å²) in [5.74, 6) is -1.21. The van der Waals surface area contributed by atoms with Gasteiger partial charge in [-0.2, -0.15) is 5.26 Å². The number of allylic oxidation sites excluding steroid dienone is 1. The Balaban J connectivity index is 2.20. The van der Waals surface area contributed by atoms with Crippen LogP contribution < -0.4 is 5.32 Å². The quantitative estimate of drug-likeness (QED) is 0.754. The summed E-state index contributed by atoms with van der Waals surface area (Å²) in [4.78, 5) is 27.5. The maximum Gasteiger partial charge on any atom is 0.348 e. The Hall–Kier alpha value is -2.98. The number of carboxylic acids is 1. The second-order valence-corrected chi connectivity index (χ2v) is 5.97. The van der Waals surface area contributed by atoms with Gasteiger partial charge in [0.2, 0.25) is 5.91 Å². The number of carbonyl (C=O) groups is 2. The number of carboxylic acid groups (broad SMARTS) is 1. The lowest BCUT2D eigenvalue weighted by atomic mass is 10.1. The molecule has 6 nitrogen and oxygen atoms in total. The lowest BCUT2D eigenvalue weighted by Gasteiger charge is -2.01. The van der Waals surface area contributed by atoms with Crippen molar-refractivity contribution < 1.29 is 14.7 Å². The van der Waals surface area contributed by atoms with Crippen LogP contribution in [0.15, 0.2) is 36.9 Å². The van der Waals surface area contributed by atoms with Gasteiger partial charge in [0.25, 0.3) is 0 Å². The van der Waals surface area contributed by atoms with Crippen molar-refractivity contribution in [1.82, 2.24) is 10.3 Å². The van der Waals surface area contributed by atoms with E-state index in [2.05, 4.69) is 16.9 Å². The number of aromatic nitrogens is 1. The predicted molar refractivity (Wildman–Crippen MR) is 90.5 cm³/mol. The molecule has 0 saturated heterocycles. The Morgan fingerprint density at radius 2 is 2.08 bits per heavy atom. The molecule has 2 rings (SSSR count). The van der Waals surface area contributed by atoms with E-state index in [1.54, 1.807) is 30.3 Å². The number of benzene rings is 1. The topological polar surface area (TPSA) is 103 Å². The SMILES string of the molecule is C=CCCC(=O)NCc1nc(-c2ccc(C#N)cc2)c(C(=O)O)s1. The summed E-state index contributed by atoms with van der Waals surface area (Å²) in [5.41, 5.74) is 1.44. The summed E-state index contributed by atoms with van der Waals surface area (Å²) in [6.07, 6.45) is 2.58.